The average molecular weight is 365 g/mol. The molecule has 0 aromatic heterocycles. The van der Waals surface area contributed by atoms with Crippen molar-refractivity contribution in [3.63, 3.8) is 0 Å². The molecule has 7 heteroatoms. The highest BCUT2D eigenvalue weighted by Gasteiger charge is 2.54. The molecule has 0 aliphatic carbocycles. The van der Waals surface area contributed by atoms with Crippen LogP contribution in [0.25, 0.3) is 0 Å². The van der Waals surface area contributed by atoms with Crippen LogP contribution < -0.4 is 10.7 Å². The summed E-state index contributed by atoms with van der Waals surface area (Å²) < 4.78 is 4.71. The van der Waals surface area contributed by atoms with Crippen LogP contribution in [0.15, 0.2) is 54.6 Å². The third-order valence-corrected chi connectivity index (χ3v) is 5.04. The summed E-state index contributed by atoms with van der Waals surface area (Å²) in [5.74, 6) is -1.51. The van der Waals surface area contributed by atoms with Crippen LogP contribution in [0.2, 0.25) is 0 Å². The fourth-order valence-electron chi connectivity index (χ4n) is 3.74. The molecule has 3 atom stereocenters. The van der Waals surface area contributed by atoms with Crippen LogP contribution in [0.1, 0.15) is 27.5 Å². The second-order valence-corrected chi connectivity index (χ2v) is 6.66. The molecule has 2 aliphatic rings. The SMILES string of the molecule is COC(=O)c1ccc([C@@H]2NN(Cc3ccccc3)[C@@H]3C(=O)NC(=O)[C@H]32)cc1. The Bertz CT molecular complexity index is 882. The summed E-state index contributed by atoms with van der Waals surface area (Å²) in [6.45, 7) is 0.499. The van der Waals surface area contributed by atoms with E-state index in [1.165, 1.54) is 7.11 Å². The standard InChI is InChI=1S/C20H19N3O4/c1-27-20(26)14-9-7-13(8-10-14)16-15-17(19(25)21-18(15)24)23(22-16)11-12-5-3-2-4-6-12/h2-10,15-17,22H,11H2,1H3,(H,21,24,25)/t15-,16-,17-/m0/s1. The third-order valence-electron chi connectivity index (χ3n) is 5.04. The summed E-state index contributed by atoms with van der Waals surface area (Å²) in [4.78, 5) is 36.4. The van der Waals surface area contributed by atoms with E-state index in [1.54, 1.807) is 24.3 Å². The minimum atomic E-state index is -0.567. The molecule has 2 aromatic rings. The monoisotopic (exact) mass is 365 g/mol. The largest absolute Gasteiger partial charge is 0.465 e. The van der Waals surface area contributed by atoms with Gasteiger partial charge in [-0.2, -0.15) is 0 Å². The van der Waals surface area contributed by atoms with Crippen LogP contribution in [0.3, 0.4) is 0 Å². The van der Waals surface area contributed by atoms with Crippen LogP contribution in [0, 0.1) is 5.92 Å². The molecule has 0 spiro atoms. The molecular formula is C20H19N3O4. The maximum absolute atomic E-state index is 12.4. The van der Waals surface area contributed by atoms with E-state index in [9.17, 15) is 14.4 Å². The maximum atomic E-state index is 12.4. The minimum Gasteiger partial charge on any atom is -0.465 e. The van der Waals surface area contributed by atoms with E-state index < -0.39 is 17.9 Å². The number of hydrogen-bond donors (Lipinski definition) is 2. The van der Waals surface area contributed by atoms with Crippen LogP contribution in [-0.4, -0.2) is 35.9 Å². The van der Waals surface area contributed by atoms with Crippen LogP contribution in [-0.2, 0) is 20.9 Å². The number of fused-ring (bicyclic) bond motifs is 1. The zero-order valence-corrected chi connectivity index (χ0v) is 14.7. The molecule has 2 amide bonds. The van der Waals surface area contributed by atoms with Crippen molar-refractivity contribution in [3.05, 3.63) is 71.3 Å². The summed E-state index contributed by atoms with van der Waals surface area (Å²) in [6, 6.07) is 15.7. The number of hydrogen-bond acceptors (Lipinski definition) is 6. The van der Waals surface area contributed by atoms with Gasteiger partial charge in [0.2, 0.25) is 11.8 Å². The highest BCUT2D eigenvalue weighted by molar-refractivity contribution is 6.07. The molecule has 0 bridgehead atoms. The molecule has 2 saturated heterocycles. The van der Waals surface area contributed by atoms with Gasteiger partial charge in [0, 0.05) is 6.54 Å². The topological polar surface area (TPSA) is 87.7 Å². The minimum absolute atomic E-state index is 0.282. The summed E-state index contributed by atoms with van der Waals surface area (Å²) in [7, 11) is 1.33. The number of nitrogens with zero attached hydrogens (tertiary/aromatic N) is 1. The van der Waals surface area contributed by atoms with E-state index in [4.69, 9.17) is 4.74 Å². The zero-order chi connectivity index (χ0) is 19.0. The third kappa shape index (κ3) is 3.11. The summed E-state index contributed by atoms with van der Waals surface area (Å²) in [5.41, 5.74) is 5.62. The average Bonchev–Trinajstić information content (AvgIpc) is 3.21. The van der Waals surface area contributed by atoms with Gasteiger partial charge in [0.05, 0.1) is 24.6 Å². The zero-order valence-electron chi connectivity index (χ0n) is 14.7. The van der Waals surface area contributed by atoms with Gasteiger partial charge in [0.1, 0.15) is 6.04 Å². The first-order valence-electron chi connectivity index (χ1n) is 8.68. The maximum Gasteiger partial charge on any atom is 0.337 e. The Morgan fingerprint density at radius 1 is 1.04 bits per heavy atom. The number of benzene rings is 2. The molecule has 2 aliphatic heterocycles. The lowest BCUT2D eigenvalue weighted by Gasteiger charge is -2.22. The van der Waals surface area contributed by atoms with Gasteiger partial charge < -0.3 is 4.74 Å². The number of ether oxygens (including phenoxy) is 1. The predicted octanol–water partition coefficient (Wildman–Crippen LogP) is 1.18. The van der Waals surface area contributed by atoms with Crippen molar-refractivity contribution in [1.82, 2.24) is 15.8 Å². The fraction of sp³-hybridized carbons (Fsp3) is 0.250. The lowest BCUT2D eigenvalue weighted by Crippen LogP contribution is -2.43. The molecule has 138 valence electrons. The molecule has 2 aromatic carbocycles. The van der Waals surface area contributed by atoms with Crippen molar-refractivity contribution >= 4 is 17.8 Å². The number of methoxy groups -OCH3 is 1. The van der Waals surface area contributed by atoms with Crippen LogP contribution in [0.4, 0.5) is 0 Å². The Morgan fingerprint density at radius 3 is 2.41 bits per heavy atom. The lowest BCUT2D eigenvalue weighted by molar-refractivity contribution is -0.127. The number of imide groups is 1. The van der Waals surface area contributed by atoms with E-state index in [0.29, 0.717) is 12.1 Å². The smallest absolute Gasteiger partial charge is 0.337 e. The van der Waals surface area contributed by atoms with E-state index in [-0.39, 0.29) is 17.9 Å². The second-order valence-electron chi connectivity index (χ2n) is 6.66. The highest BCUT2D eigenvalue weighted by atomic mass is 16.5. The Morgan fingerprint density at radius 2 is 1.74 bits per heavy atom. The number of carbonyl (C=O) groups is 3. The number of esters is 1. The number of amides is 2. The number of hydrazine groups is 1. The Balaban J connectivity index is 1.62. The molecule has 2 N–H and O–H groups in total. The van der Waals surface area contributed by atoms with Crippen LogP contribution >= 0.6 is 0 Å². The summed E-state index contributed by atoms with van der Waals surface area (Å²) in [5, 5.41) is 4.26. The lowest BCUT2D eigenvalue weighted by atomic mass is 9.90. The van der Waals surface area contributed by atoms with Gasteiger partial charge in [-0.25, -0.2) is 15.2 Å². The second kappa shape index (κ2) is 6.94. The quantitative estimate of drug-likeness (QED) is 0.625. The van der Waals surface area contributed by atoms with Crippen molar-refractivity contribution in [3.8, 4) is 0 Å². The molecule has 27 heavy (non-hydrogen) atoms. The Kier molecular flexibility index (Phi) is 4.47. The number of nitrogens with one attached hydrogen (secondary N) is 2. The molecule has 7 nitrogen and oxygen atoms in total. The van der Waals surface area contributed by atoms with Gasteiger partial charge in [-0.05, 0) is 23.3 Å². The molecule has 0 saturated carbocycles. The van der Waals surface area contributed by atoms with Gasteiger partial charge in [0.25, 0.3) is 0 Å². The van der Waals surface area contributed by atoms with Crippen LogP contribution in [0.5, 0.6) is 0 Å². The van der Waals surface area contributed by atoms with Crippen molar-refractivity contribution in [2.75, 3.05) is 7.11 Å². The molecule has 2 fully saturated rings. The van der Waals surface area contributed by atoms with Gasteiger partial charge >= 0.3 is 5.97 Å². The van der Waals surface area contributed by atoms with E-state index in [2.05, 4.69) is 10.7 Å². The van der Waals surface area contributed by atoms with Crippen molar-refractivity contribution in [2.45, 2.75) is 18.6 Å². The first-order chi connectivity index (χ1) is 13.1. The van der Waals surface area contributed by atoms with Gasteiger partial charge in [0.15, 0.2) is 0 Å². The van der Waals surface area contributed by atoms with E-state index in [1.807, 2.05) is 35.3 Å². The van der Waals surface area contributed by atoms with Gasteiger partial charge in [-0.1, -0.05) is 42.5 Å². The van der Waals surface area contributed by atoms with E-state index >= 15 is 0 Å². The summed E-state index contributed by atoms with van der Waals surface area (Å²) >= 11 is 0. The normalized spacial score (nSPS) is 24.6. The van der Waals surface area contributed by atoms with E-state index in [0.717, 1.165) is 11.1 Å². The molecule has 0 radical (unpaired) electrons. The van der Waals surface area contributed by atoms with Gasteiger partial charge in [-0.15, -0.1) is 0 Å². The number of carbonyl (C=O) groups excluding carboxylic acids is 3. The first-order valence-corrected chi connectivity index (χ1v) is 8.68. The molecule has 0 unspecified atom stereocenters. The molecule has 2 heterocycles. The first kappa shape index (κ1) is 17.4. The summed E-state index contributed by atoms with van der Waals surface area (Å²) in [6.07, 6.45) is 0. The van der Waals surface area contributed by atoms with Crippen molar-refractivity contribution in [1.29, 1.82) is 0 Å². The molecular weight excluding hydrogens is 346 g/mol. The highest BCUT2D eigenvalue weighted by Crippen LogP contribution is 2.37. The predicted molar refractivity (Wildman–Crippen MR) is 96.1 cm³/mol. The Hall–Kier alpha value is -3.03. The van der Waals surface area contributed by atoms with Gasteiger partial charge in [-0.3, -0.25) is 14.9 Å². The molecule has 4 rings (SSSR count). The fourth-order valence-corrected chi connectivity index (χ4v) is 3.74. The van der Waals surface area contributed by atoms with Crippen molar-refractivity contribution in [2.24, 2.45) is 5.92 Å². The number of rotatable bonds is 4. The van der Waals surface area contributed by atoms with Crippen molar-refractivity contribution < 1.29 is 19.1 Å². The Labute approximate surface area is 156 Å².